The summed E-state index contributed by atoms with van der Waals surface area (Å²) in [6, 6.07) is 56.5. The van der Waals surface area contributed by atoms with E-state index in [1.54, 1.807) is 9.80 Å². The van der Waals surface area contributed by atoms with Gasteiger partial charge in [0.2, 0.25) is 0 Å². The molecular weight excluding hydrogens is 1200 g/mol. The van der Waals surface area contributed by atoms with E-state index < -0.39 is 14.3 Å². The molecule has 9 rings (SSSR count). The van der Waals surface area contributed by atoms with Crippen LogP contribution in [0.1, 0.15) is 178 Å². The summed E-state index contributed by atoms with van der Waals surface area (Å²) < 4.78 is 61.9. The Kier molecular flexibility index (Phi) is 21.9. The van der Waals surface area contributed by atoms with Gasteiger partial charge in [-0.2, -0.15) is 0 Å². The van der Waals surface area contributed by atoms with Crippen LogP contribution in [0.3, 0.4) is 0 Å². The number of carbonyl (C=O) groups is 2. The molecule has 0 spiro atoms. The molecule has 0 fully saturated rings. The summed E-state index contributed by atoms with van der Waals surface area (Å²) in [7, 11) is -7.00. The van der Waals surface area contributed by atoms with Crippen molar-refractivity contribution in [2.45, 2.75) is 158 Å². The highest BCUT2D eigenvalue weighted by Gasteiger charge is 2.35. The molecule has 0 aromatic heterocycles. The number of ether oxygens (including phenoxy) is 4. The highest BCUT2D eigenvalue weighted by Crippen LogP contribution is 2.50. The quantitative estimate of drug-likeness (QED) is 0.0694. The molecule has 0 saturated heterocycles. The van der Waals surface area contributed by atoms with Crippen LogP contribution in [-0.2, 0) is 66.1 Å². The minimum atomic E-state index is -3.50. The lowest BCUT2D eigenvalue weighted by atomic mass is 9.79. The molecule has 0 N–H and O–H groups in total. The number of likely N-dealkylation sites (N-methyl/N-ethyl adjacent to an activating group) is 2. The largest absolute Gasteiger partial charge is 0.485 e. The summed E-state index contributed by atoms with van der Waals surface area (Å²) in [5, 5.41) is 2.73. The van der Waals surface area contributed by atoms with E-state index in [4.69, 9.17) is 18.9 Å². The highest BCUT2D eigenvalue weighted by molar-refractivity contribution is 7.79. The first kappa shape index (κ1) is 70.7. The fourth-order valence-corrected chi connectivity index (χ4v) is 17.0. The Balaban J connectivity index is 1.42. The number of benzene rings is 8. The Morgan fingerprint density at radius 2 is 0.521 bits per heavy atom. The molecular formula is C82H100N2O8P2. The summed E-state index contributed by atoms with van der Waals surface area (Å²) in [5.74, 6) is 2.07. The summed E-state index contributed by atoms with van der Waals surface area (Å²) in [5.41, 5.74) is 9.56. The van der Waals surface area contributed by atoms with Crippen molar-refractivity contribution in [2.24, 2.45) is 0 Å². The van der Waals surface area contributed by atoms with E-state index in [0.29, 0.717) is 96.1 Å². The van der Waals surface area contributed by atoms with E-state index in [0.717, 1.165) is 66.8 Å². The summed E-state index contributed by atoms with van der Waals surface area (Å²) in [4.78, 5) is 32.4. The third-order valence-electron chi connectivity index (χ3n) is 18.3. The minimum Gasteiger partial charge on any atom is -0.485 e. The second kappa shape index (κ2) is 29.1. The van der Waals surface area contributed by atoms with Crippen LogP contribution in [0.2, 0.25) is 0 Å². The first-order chi connectivity index (χ1) is 44.5. The Morgan fingerprint density at radius 1 is 0.330 bits per heavy atom. The molecule has 0 heterocycles. The lowest BCUT2D eigenvalue weighted by molar-refractivity contribution is -0.133. The number of carbonyl (C=O) groups excluding carboxylic acids is 2. The van der Waals surface area contributed by atoms with Crippen molar-refractivity contribution in [3.63, 3.8) is 0 Å². The number of hydrogen-bond donors (Lipinski definition) is 0. The van der Waals surface area contributed by atoms with Crippen LogP contribution in [0.4, 0.5) is 0 Å². The van der Waals surface area contributed by atoms with E-state index in [2.05, 4.69) is 132 Å². The Morgan fingerprint density at radius 3 is 0.702 bits per heavy atom. The molecule has 0 atom stereocenters. The monoisotopic (exact) mass is 1300 g/mol. The molecule has 8 aromatic rings. The van der Waals surface area contributed by atoms with E-state index in [9.17, 15) is 9.59 Å². The molecule has 1 aliphatic carbocycles. The maximum atomic E-state index is 16.3. The molecule has 8 bridgehead atoms. The molecule has 496 valence electrons. The normalized spacial score (nSPS) is 13.0. The molecule has 0 aliphatic heterocycles. The van der Waals surface area contributed by atoms with Crippen LogP contribution in [0, 0.1) is 0 Å². The van der Waals surface area contributed by atoms with Gasteiger partial charge in [-0.15, -0.1) is 0 Å². The number of hydrogen-bond acceptors (Lipinski definition) is 8. The SMILES string of the molecule is CCN(CC)C(=O)COc1c2cc(C(C)(C)C)cc1Cc1cc(C(C)(C)C)cc(c1OCP(=O)(c1ccccc1)c1ccccc1)Cc1cc(C(C)(C)C)cc(c1OCC(=O)N(CC)CC)Cc1cc(C(C)(C)C)cc(c1OCP(=O)(c1ccccc1)c1ccccc1)C2. The predicted molar refractivity (Wildman–Crippen MR) is 389 cm³/mol. The van der Waals surface area contributed by atoms with Crippen LogP contribution in [-0.4, -0.2) is 73.7 Å². The zero-order valence-corrected chi connectivity index (χ0v) is 60.5. The van der Waals surface area contributed by atoms with Crippen LogP contribution >= 0.6 is 14.3 Å². The third kappa shape index (κ3) is 16.2. The van der Waals surface area contributed by atoms with Gasteiger partial charge in [0, 0.05) is 73.1 Å². The maximum Gasteiger partial charge on any atom is 0.260 e. The second-order valence-corrected chi connectivity index (χ2v) is 34.8. The van der Waals surface area contributed by atoms with Gasteiger partial charge in [-0.1, -0.05) is 253 Å². The molecule has 0 saturated carbocycles. The van der Waals surface area contributed by atoms with Crippen molar-refractivity contribution in [2.75, 3.05) is 52.1 Å². The van der Waals surface area contributed by atoms with Gasteiger partial charge in [-0.3, -0.25) is 9.59 Å². The van der Waals surface area contributed by atoms with Crippen molar-refractivity contribution < 1.29 is 37.7 Å². The molecule has 2 amide bonds. The van der Waals surface area contributed by atoms with Gasteiger partial charge >= 0.3 is 0 Å². The molecule has 10 nitrogen and oxygen atoms in total. The minimum absolute atomic E-state index is 0.131. The fourth-order valence-electron chi connectivity index (χ4n) is 12.5. The summed E-state index contributed by atoms with van der Waals surface area (Å²) in [6.45, 7) is 36.2. The van der Waals surface area contributed by atoms with Crippen LogP contribution in [0.25, 0.3) is 0 Å². The van der Waals surface area contributed by atoms with Crippen molar-refractivity contribution in [3.8, 4) is 23.0 Å². The van der Waals surface area contributed by atoms with Crippen LogP contribution < -0.4 is 40.2 Å². The first-order valence-corrected chi connectivity index (χ1v) is 37.4. The number of rotatable bonds is 20. The van der Waals surface area contributed by atoms with Gasteiger partial charge in [0.25, 0.3) is 11.8 Å². The smallest absolute Gasteiger partial charge is 0.260 e. The number of nitrogens with zero attached hydrogens (tertiary/aromatic N) is 2. The first-order valence-electron chi connectivity index (χ1n) is 33.6. The molecule has 0 unspecified atom stereocenters. The highest BCUT2D eigenvalue weighted by atomic mass is 31.2. The number of amides is 2. The molecule has 94 heavy (non-hydrogen) atoms. The van der Waals surface area contributed by atoms with Crippen molar-refractivity contribution in [1.29, 1.82) is 0 Å². The average molecular weight is 1300 g/mol. The van der Waals surface area contributed by atoms with Crippen LogP contribution in [0.5, 0.6) is 23.0 Å². The van der Waals surface area contributed by atoms with E-state index in [-0.39, 0.29) is 59.4 Å². The lowest BCUT2D eigenvalue weighted by Gasteiger charge is -2.30. The van der Waals surface area contributed by atoms with Gasteiger partial charge in [0.15, 0.2) is 27.5 Å². The summed E-state index contributed by atoms with van der Waals surface area (Å²) >= 11 is 0. The maximum absolute atomic E-state index is 16.3. The predicted octanol–water partition coefficient (Wildman–Crippen LogP) is 16.7. The van der Waals surface area contributed by atoms with E-state index in [1.807, 2.05) is 149 Å². The Bertz CT molecular complexity index is 3610. The lowest BCUT2D eigenvalue weighted by Crippen LogP contribution is -2.34. The zero-order valence-electron chi connectivity index (χ0n) is 58.7. The van der Waals surface area contributed by atoms with Gasteiger partial charge in [-0.25, -0.2) is 0 Å². The van der Waals surface area contributed by atoms with Gasteiger partial charge in [0.1, 0.15) is 35.7 Å². The second-order valence-electron chi connectivity index (χ2n) is 29.3. The van der Waals surface area contributed by atoms with Crippen LogP contribution in [0.15, 0.2) is 170 Å². The standard InChI is InChI=1S/C82H100N2O8P2/c1-17-83(18-2)73(85)53-89-75-57-41-61-49-67(81(11,12)13)51-63(77(61)91-55-93(87,69-33-25-21-26-34-69)70-35-27-22-28-36-70)43-59-47-66(80(8,9)10)48-60(76(59)90-54-74(86)84(19-3)20-4)44-64-52-68(82(14,15)16)50-62(42-58(75)46-65(45-57)79(5,6)7)78(64)92-56-94(88,71-37-29-23-30-38-71)72-39-31-24-32-40-72/h21-40,45-52H,17-20,41-44,53-56H2,1-16H3. The van der Waals surface area contributed by atoms with Crippen molar-refractivity contribution in [3.05, 3.63) is 237 Å². The zero-order chi connectivity index (χ0) is 68.0. The Hall–Kier alpha value is -7.64. The fraction of sp³-hybridized carbons (Fsp3) is 0.390. The van der Waals surface area contributed by atoms with Crippen molar-refractivity contribution in [1.82, 2.24) is 9.80 Å². The topological polar surface area (TPSA) is 112 Å². The van der Waals surface area contributed by atoms with Gasteiger partial charge < -0.3 is 37.9 Å². The molecule has 1 aliphatic rings. The third-order valence-corrected chi connectivity index (χ3v) is 23.9. The van der Waals surface area contributed by atoms with E-state index >= 15 is 9.13 Å². The Labute approximate surface area is 561 Å². The number of fused-ring (bicyclic) bond motifs is 8. The van der Waals surface area contributed by atoms with E-state index in [1.165, 1.54) is 0 Å². The summed E-state index contributed by atoms with van der Waals surface area (Å²) in [6.07, 6.45) is 0.886. The van der Waals surface area contributed by atoms with Crippen molar-refractivity contribution >= 4 is 47.3 Å². The molecule has 8 aromatic carbocycles. The molecule has 0 radical (unpaired) electrons. The average Bonchev–Trinajstić information content (AvgIpc) is 0.766. The van der Waals surface area contributed by atoms with Gasteiger partial charge in [-0.05, 0) is 116 Å². The van der Waals surface area contributed by atoms with Gasteiger partial charge in [0.05, 0.1) is 0 Å². The molecule has 12 heteroatoms.